The van der Waals surface area contributed by atoms with E-state index in [-0.39, 0.29) is 1.43 Å². The van der Waals surface area contributed by atoms with Crippen LogP contribution >= 0.6 is 0 Å². The van der Waals surface area contributed by atoms with E-state index in [4.69, 9.17) is 4.74 Å². The SMILES string of the molecule is CCC(NC)c1ccccc1OC.[H+]. The molecule has 1 aromatic carbocycles. The lowest BCUT2D eigenvalue weighted by molar-refractivity contribution is 0.400. The van der Waals surface area contributed by atoms with Crippen LogP contribution in [0.2, 0.25) is 0 Å². The Morgan fingerprint density at radius 3 is 2.69 bits per heavy atom. The summed E-state index contributed by atoms with van der Waals surface area (Å²) >= 11 is 0. The fourth-order valence-corrected chi connectivity index (χ4v) is 1.53. The van der Waals surface area contributed by atoms with E-state index in [9.17, 15) is 0 Å². The van der Waals surface area contributed by atoms with E-state index in [0.29, 0.717) is 6.04 Å². The highest BCUT2D eigenvalue weighted by molar-refractivity contribution is 5.35. The third kappa shape index (κ3) is 2.22. The third-order valence-electron chi connectivity index (χ3n) is 2.27. The molecule has 0 aliphatic carbocycles. The van der Waals surface area contributed by atoms with Gasteiger partial charge >= 0.3 is 1.43 Å². The first-order valence-electron chi connectivity index (χ1n) is 4.63. The molecule has 0 saturated carbocycles. The summed E-state index contributed by atoms with van der Waals surface area (Å²) in [5.74, 6) is 0.962. The lowest BCUT2D eigenvalue weighted by atomic mass is 10.0. The molecule has 0 bridgehead atoms. The van der Waals surface area contributed by atoms with Crippen molar-refractivity contribution in [2.45, 2.75) is 19.4 Å². The van der Waals surface area contributed by atoms with E-state index in [1.54, 1.807) is 7.11 Å². The Balaban J connectivity index is 0.00000169. The Labute approximate surface area is 81.4 Å². The molecule has 72 valence electrons. The summed E-state index contributed by atoms with van der Waals surface area (Å²) in [6.07, 6.45) is 1.07. The van der Waals surface area contributed by atoms with Gasteiger partial charge in [0.15, 0.2) is 0 Å². The Morgan fingerprint density at radius 2 is 2.15 bits per heavy atom. The Kier molecular flexibility index (Phi) is 3.77. The lowest BCUT2D eigenvalue weighted by Gasteiger charge is -2.17. The summed E-state index contributed by atoms with van der Waals surface area (Å²) in [6.45, 7) is 2.16. The molecule has 2 nitrogen and oxygen atoms in total. The first-order chi connectivity index (χ1) is 6.33. The van der Waals surface area contributed by atoms with Gasteiger partial charge in [0.25, 0.3) is 0 Å². The van der Waals surface area contributed by atoms with Crippen LogP contribution in [0.15, 0.2) is 24.3 Å². The molecule has 0 aromatic heterocycles. The highest BCUT2D eigenvalue weighted by atomic mass is 16.5. The minimum Gasteiger partial charge on any atom is -0.496 e. The summed E-state index contributed by atoms with van der Waals surface area (Å²) in [5, 5.41) is 3.26. The van der Waals surface area contributed by atoms with Crippen molar-refractivity contribution in [2.75, 3.05) is 14.2 Å². The van der Waals surface area contributed by atoms with Gasteiger partial charge in [-0.15, -0.1) is 0 Å². The first kappa shape index (κ1) is 10.1. The second-order valence-corrected chi connectivity index (χ2v) is 2.99. The van der Waals surface area contributed by atoms with Crippen LogP contribution in [0, 0.1) is 0 Å². The van der Waals surface area contributed by atoms with Gasteiger partial charge in [-0.05, 0) is 19.5 Å². The Hall–Kier alpha value is -1.02. The van der Waals surface area contributed by atoms with E-state index in [1.165, 1.54) is 5.56 Å². The molecule has 0 aliphatic rings. The number of ether oxygens (including phenoxy) is 1. The van der Waals surface area contributed by atoms with Gasteiger partial charge in [0.1, 0.15) is 5.75 Å². The molecule has 1 aromatic rings. The smallest absolute Gasteiger partial charge is 0.496 e. The van der Waals surface area contributed by atoms with Crippen LogP contribution in [0.4, 0.5) is 0 Å². The largest absolute Gasteiger partial charge is 1.00 e. The van der Waals surface area contributed by atoms with Crippen LogP contribution in [-0.4, -0.2) is 14.2 Å². The number of hydrogen-bond acceptors (Lipinski definition) is 2. The molecule has 0 amide bonds. The van der Waals surface area contributed by atoms with E-state index in [1.807, 2.05) is 25.2 Å². The summed E-state index contributed by atoms with van der Waals surface area (Å²) < 4.78 is 5.29. The molecule has 13 heavy (non-hydrogen) atoms. The predicted octanol–water partition coefficient (Wildman–Crippen LogP) is 2.48. The summed E-state index contributed by atoms with van der Waals surface area (Å²) in [6, 6.07) is 8.51. The molecule has 2 heteroatoms. The summed E-state index contributed by atoms with van der Waals surface area (Å²) in [5.41, 5.74) is 1.23. The topological polar surface area (TPSA) is 21.3 Å². The van der Waals surface area contributed by atoms with Gasteiger partial charge in [0, 0.05) is 11.6 Å². The second-order valence-electron chi connectivity index (χ2n) is 2.99. The second kappa shape index (κ2) is 4.87. The molecule has 0 aliphatic heterocycles. The van der Waals surface area contributed by atoms with Gasteiger partial charge in [-0.25, -0.2) is 0 Å². The number of benzene rings is 1. The highest BCUT2D eigenvalue weighted by Crippen LogP contribution is 2.26. The molecule has 1 rings (SSSR count). The Morgan fingerprint density at radius 1 is 1.46 bits per heavy atom. The van der Waals surface area contributed by atoms with E-state index >= 15 is 0 Å². The quantitative estimate of drug-likeness (QED) is 0.768. The molecule has 0 fully saturated rings. The van der Waals surface area contributed by atoms with Crippen molar-refractivity contribution in [3.05, 3.63) is 29.8 Å². The number of nitrogens with one attached hydrogen (secondary N) is 1. The van der Waals surface area contributed by atoms with Crippen molar-refractivity contribution in [1.29, 1.82) is 0 Å². The van der Waals surface area contributed by atoms with Crippen LogP contribution in [0.5, 0.6) is 5.75 Å². The molecule has 1 atom stereocenters. The van der Waals surface area contributed by atoms with Crippen molar-refractivity contribution >= 4 is 0 Å². The fourth-order valence-electron chi connectivity index (χ4n) is 1.53. The van der Waals surface area contributed by atoms with Crippen LogP contribution < -0.4 is 10.1 Å². The third-order valence-corrected chi connectivity index (χ3v) is 2.27. The van der Waals surface area contributed by atoms with Crippen LogP contribution in [0.25, 0.3) is 0 Å². The van der Waals surface area contributed by atoms with Crippen molar-refractivity contribution in [3.63, 3.8) is 0 Å². The van der Waals surface area contributed by atoms with Crippen molar-refractivity contribution in [2.24, 2.45) is 0 Å². The molecule has 1 N–H and O–H groups in total. The van der Waals surface area contributed by atoms with Crippen molar-refractivity contribution < 1.29 is 6.16 Å². The molecule has 0 spiro atoms. The zero-order chi connectivity index (χ0) is 9.68. The van der Waals surface area contributed by atoms with Gasteiger partial charge in [0.2, 0.25) is 0 Å². The van der Waals surface area contributed by atoms with Gasteiger partial charge < -0.3 is 10.1 Å². The maximum Gasteiger partial charge on any atom is 1.00 e. The predicted molar refractivity (Wildman–Crippen MR) is 56.2 cm³/mol. The van der Waals surface area contributed by atoms with Gasteiger partial charge in [-0.1, -0.05) is 25.1 Å². The monoisotopic (exact) mass is 180 g/mol. The molecule has 0 heterocycles. The molecular weight excluding hydrogens is 162 g/mol. The minimum atomic E-state index is 0. The van der Waals surface area contributed by atoms with E-state index in [0.717, 1.165) is 12.2 Å². The van der Waals surface area contributed by atoms with E-state index < -0.39 is 0 Å². The average molecular weight is 180 g/mol. The zero-order valence-electron chi connectivity index (χ0n) is 9.50. The minimum absolute atomic E-state index is 0. The standard InChI is InChI=1S/C11H17NO/c1-4-10(12-2)9-7-5-6-8-11(9)13-3/h5-8,10,12H,4H2,1-3H3/p+1. The molecule has 0 radical (unpaired) electrons. The normalized spacial score (nSPS) is 12.5. The summed E-state index contributed by atoms with van der Waals surface area (Å²) in [7, 11) is 3.68. The number of hydrogen-bond donors (Lipinski definition) is 1. The Bertz CT molecular complexity index is 261. The molecular formula is C11H18NO+. The fraction of sp³-hybridized carbons (Fsp3) is 0.455. The zero-order valence-corrected chi connectivity index (χ0v) is 8.50. The molecule has 1 unspecified atom stereocenters. The summed E-state index contributed by atoms with van der Waals surface area (Å²) in [4.78, 5) is 0. The lowest BCUT2D eigenvalue weighted by Crippen LogP contribution is -2.15. The van der Waals surface area contributed by atoms with Crippen molar-refractivity contribution in [1.82, 2.24) is 5.32 Å². The average Bonchev–Trinajstić information content (AvgIpc) is 2.20. The maximum atomic E-state index is 5.29. The number of methoxy groups -OCH3 is 1. The van der Waals surface area contributed by atoms with Gasteiger partial charge in [0.05, 0.1) is 7.11 Å². The van der Waals surface area contributed by atoms with E-state index in [2.05, 4.69) is 18.3 Å². The van der Waals surface area contributed by atoms with Crippen LogP contribution in [0.1, 0.15) is 26.4 Å². The van der Waals surface area contributed by atoms with Gasteiger partial charge in [-0.3, -0.25) is 0 Å². The van der Waals surface area contributed by atoms with Crippen molar-refractivity contribution in [3.8, 4) is 5.75 Å². The highest BCUT2D eigenvalue weighted by Gasteiger charge is 2.10. The first-order valence-corrected chi connectivity index (χ1v) is 4.63. The molecule has 0 saturated heterocycles. The van der Waals surface area contributed by atoms with Gasteiger partial charge in [-0.2, -0.15) is 0 Å². The number of rotatable bonds is 4. The van der Waals surface area contributed by atoms with Crippen LogP contribution in [-0.2, 0) is 0 Å². The van der Waals surface area contributed by atoms with Crippen LogP contribution in [0.3, 0.4) is 0 Å². The number of para-hydroxylation sites is 1. The maximum absolute atomic E-state index is 5.29.